The second kappa shape index (κ2) is 7.06. The summed E-state index contributed by atoms with van der Waals surface area (Å²) >= 11 is 0. The van der Waals surface area contributed by atoms with Crippen molar-refractivity contribution in [3.05, 3.63) is 65.5 Å². The molecule has 20 heavy (non-hydrogen) atoms. The molecule has 1 atom stereocenters. The number of benzene rings is 2. The molecule has 0 saturated heterocycles. The standard InChI is InChI=1S/C17H20FNO/c1-3-19-16(14-9-5-6-10-15(14)18)12-13-8-4-7-11-17(13)20-2/h4-11,16,19H,3,12H2,1-2H3. The van der Waals surface area contributed by atoms with E-state index in [0.717, 1.165) is 17.9 Å². The van der Waals surface area contributed by atoms with Gasteiger partial charge in [0, 0.05) is 11.6 Å². The number of nitrogens with one attached hydrogen (secondary N) is 1. The summed E-state index contributed by atoms with van der Waals surface area (Å²) in [5.41, 5.74) is 1.77. The lowest BCUT2D eigenvalue weighted by Gasteiger charge is -2.20. The third-order valence-electron chi connectivity index (χ3n) is 3.35. The number of para-hydroxylation sites is 1. The van der Waals surface area contributed by atoms with Crippen molar-refractivity contribution in [2.45, 2.75) is 19.4 Å². The highest BCUT2D eigenvalue weighted by atomic mass is 19.1. The Morgan fingerprint density at radius 3 is 2.50 bits per heavy atom. The van der Waals surface area contributed by atoms with Gasteiger partial charge in [-0.3, -0.25) is 0 Å². The van der Waals surface area contributed by atoms with E-state index in [4.69, 9.17) is 4.74 Å². The van der Waals surface area contributed by atoms with Gasteiger partial charge in [0.1, 0.15) is 11.6 Å². The molecule has 0 spiro atoms. The largest absolute Gasteiger partial charge is 0.496 e. The molecular formula is C17H20FNO. The SMILES string of the molecule is CCNC(Cc1ccccc1OC)c1ccccc1F. The van der Waals surface area contributed by atoms with E-state index in [2.05, 4.69) is 5.32 Å². The Labute approximate surface area is 119 Å². The zero-order chi connectivity index (χ0) is 14.4. The van der Waals surface area contributed by atoms with Gasteiger partial charge in [0.15, 0.2) is 0 Å². The lowest BCUT2D eigenvalue weighted by molar-refractivity contribution is 0.405. The number of hydrogen-bond donors (Lipinski definition) is 1. The zero-order valence-corrected chi connectivity index (χ0v) is 11.9. The maximum atomic E-state index is 14.0. The molecule has 0 aromatic heterocycles. The number of likely N-dealkylation sites (N-methyl/N-ethyl adjacent to an activating group) is 1. The smallest absolute Gasteiger partial charge is 0.127 e. The average Bonchev–Trinajstić information content (AvgIpc) is 2.48. The average molecular weight is 273 g/mol. The highest BCUT2D eigenvalue weighted by Gasteiger charge is 2.16. The van der Waals surface area contributed by atoms with Crippen LogP contribution in [0, 0.1) is 5.82 Å². The lowest BCUT2D eigenvalue weighted by Crippen LogP contribution is -2.24. The van der Waals surface area contributed by atoms with Crippen molar-refractivity contribution < 1.29 is 9.13 Å². The molecule has 2 nitrogen and oxygen atoms in total. The van der Waals surface area contributed by atoms with Crippen LogP contribution in [0.2, 0.25) is 0 Å². The fraction of sp³-hybridized carbons (Fsp3) is 0.294. The van der Waals surface area contributed by atoms with Crippen LogP contribution in [0.1, 0.15) is 24.1 Å². The van der Waals surface area contributed by atoms with Crippen molar-refractivity contribution in [3.8, 4) is 5.75 Å². The third kappa shape index (κ3) is 3.36. The van der Waals surface area contributed by atoms with Crippen LogP contribution in [0.25, 0.3) is 0 Å². The van der Waals surface area contributed by atoms with Gasteiger partial charge in [0.2, 0.25) is 0 Å². The summed E-state index contributed by atoms with van der Waals surface area (Å²) in [5.74, 6) is 0.667. The van der Waals surface area contributed by atoms with Crippen LogP contribution >= 0.6 is 0 Å². The van der Waals surface area contributed by atoms with Crippen LogP contribution in [0.5, 0.6) is 5.75 Å². The Morgan fingerprint density at radius 2 is 1.80 bits per heavy atom. The van der Waals surface area contributed by atoms with E-state index in [0.29, 0.717) is 12.0 Å². The van der Waals surface area contributed by atoms with Gasteiger partial charge in [-0.15, -0.1) is 0 Å². The van der Waals surface area contributed by atoms with Crippen LogP contribution in [0.3, 0.4) is 0 Å². The van der Waals surface area contributed by atoms with Crippen LogP contribution in [0.15, 0.2) is 48.5 Å². The molecule has 0 radical (unpaired) electrons. The molecule has 0 aliphatic heterocycles. The summed E-state index contributed by atoms with van der Waals surface area (Å²) in [6.45, 7) is 2.81. The molecule has 2 rings (SSSR count). The van der Waals surface area contributed by atoms with Crippen LogP contribution in [-0.2, 0) is 6.42 Å². The predicted molar refractivity (Wildman–Crippen MR) is 79.5 cm³/mol. The van der Waals surface area contributed by atoms with Crippen molar-refractivity contribution in [1.82, 2.24) is 5.32 Å². The summed E-state index contributed by atoms with van der Waals surface area (Å²) in [5, 5.41) is 3.34. The van der Waals surface area contributed by atoms with Gasteiger partial charge < -0.3 is 10.1 Å². The van der Waals surface area contributed by atoms with Gasteiger partial charge in [-0.2, -0.15) is 0 Å². The molecule has 0 aliphatic rings. The van der Waals surface area contributed by atoms with Crippen molar-refractivity contribution in [3.63, 3.8) is 0 Å². The molecule has 0 aliphatic carbocycles. The number of rotatable bonds is 6. The van der Waals surface area contributed by atoms with Crippen molar-refractivity contribution in [2.24, 2.45) is 0 Å². The van der Waals surface area contributed by atoms with E-state index in [1.807, 2.05) is 43.3 Å². The van der Waals surface area contributed by atoms with Gasteiger partial charge in [0.25, 0.3) is 0 Å². The Bertz CT molecular complexity index is 556. The topological polar surface area (TPSA) is 21.3 Å². The van der Waals surface area contributed by atoms with E-state index in [9.17, 15) is 4.39 Å². The summed E-state index contributed by atoms with van der Waals surface area (Å²) in [4.78, 5) is 0. The molecule has 0 heterocycles. The Morgan fingerprint density at radius 1 is 1.10 bits per heavy atom. The summed E-state index contributed by atoms with van der Waals surface area (Å²) in [7, 11) is 1.66. The van der Waals surface area contributed by atoms with Crippen LogP contribution in [-0.4, -0.2) is 13.7 Å². The molecule has 1 unspecified atom stereocenters. The lowest BCUT2D eigenvalue weighted by atomic mass is 9.97. The fourth-order valence-electron chi connectivity index (χ4n) is 2.39. The monoisotopic (exact) mass is 273 g/mol. The maximum absolute atomic E-state index is 14.0. The van der Waals surface area contributed by atoms with E-state index in [1.54, 1.807) is 13.2 Å². The van der Waals surface area contributed by atoms with Gasteiger partial charge >= 0.3 is 0 Å². The Balaban J connectivity index is 2.28. The molecule has 106 valence electrons. The van der Waals surface area contributed by atoms with E-state index >= 15 is 0 Å². The molecule has 1 N–H and O–H groups in total. The first kappa shape index (κ1) is 14.5. The molecule has 0 fully saturated rings. The minimum Gasteiger partial charge on any atom is -0.496 e. The van der Waals surface area contributed by atoms with Gasteiger partial charge in [-0.1, -0.05) is 43.3 Å². The fourth-order valence-corrected chi connectivity index (χ4v) is 2.39. The molecule has 2 aromatic rings. The second-order valence-electron chi connectivity index (χ2n) is 4.65. The minimum absolute atomic E-state index is 0.0579. The number of methoxy groups -OCH3 is 1. The molecule has 3 heteroatoms. The quantitative estimate of drug-likeness (QED) is 0.866. The van der Waals surface area contributed by atoms with E-state index in [1.165, 1.54) is 6.07 Å². The van der Waals surface area contributed by atoms with Crippen LogP contribution in [0.4, 0.5) is 4.39 Å². The maximum Gasteiger partial charge on any atom is 0.127 e. The number of hydrogen-bond acceptors (Lipinski definition) is 2. The zero-order valence-electron chi connectivity index (χ0n) is 11.9. The van der Waals surface area contributed by atoms with E-state index < -0.39 is 0 Å². The summed E-state index contributed by atoms with van der Waals surface area (Å²) < 4.78 is 19.3. The normalized spacial score (nSPS) is 12.2. The molecule has 0 bridgehead atoms. The Hall–Kier alpha value is -1.87. The molecular weight excluding hydrogens is 253 g/mol. The van der Waals surface area contributed by atoms with E-state index in [-0.39, 0.29) is 11.9 Å². The minimum atomic E-state index is -0.173. The molecule has 0 saturated carbocycles. The van der Waals surface area contributed by atoms with Gasteiger partial charge in [-0.25, -0.2) is 4.39 Å². The second-order valence-corrected chi connectivity index (χ2v) is 4.65. The first-order valence-electron chi connectivity index (χ1n) is 6.86. The Kier molecular flexibility index (Phi) is 5.13. The van der Waals surface area contributed by atoms with Crippen molar-refractivity contribution >= 4 is 0 Å². The highest BCUT2D eigenvalue weighted by molar-refractivity contribution is 5.35. The predicted octanol–water partition coefficient (Wildman–Crippen LogP) is 3.73. The van der Waals surface area contributed by atoms with Crippen molar-refractivity contribution in [1.29, 1.82) is 0 Å². The van der Waals surface area contributed by atoms with Gasteiger partial charge in [-0.05, 0) is 30.7 Å². The van der Waals surface area contributed by atoms with Crippen molar-refractivity contribution in [2.75, 3.05) is 13.7 Å². The molecule has 0 amide bonds. The van der Waals surface area contributed by atoms with Gasteiger partial charge in [0.05, 0.1) is 7.11 Å². The first-order valence-corrected chi connectivity index (χ1v) is 6.86. The number of ether oxygens (including phenoxy) is 1. The molecule has 2 aromatic carbocycles. The number of halogens is 1. The first-order chi connectivity index (χ1) is 9.76. The summed E-state index contributed by atoms with van der Waals surface area (Å²) in [6.07, 6.45) is 0.693. The summed E-state index contributed by atoms with van der Waals surface area (Å²) in [6, 6.07) is 14.7. The third-order valence-corrected chi connectivity index (χ3v) is 3.35. The highest BCUT2D eigenvalue weighted by Crippen LogP contribution is 2.26. The van der Waals surface area contributed by atoms with Crippen LogP contribution < -0.4 is 10.1 Å².